The van der Waals surface area contributed by atoms with E-state index in [1.807, 2.05) is 6.92 Å². The average molecular weight is 323 g/mol. The van der Waals surface area contributed by atoms with Crippen molar-refractivity contribution in [3.8, 4) is 0 Å². The number of carbonyl (C=O) groups is 1. The van der Waals surface area contributed by atoms with E-state index in [1.165, 1.54) is 18.2 Å². The van der Waals surface area contributed by atoms with Crippen LogP contribution in [0, 0.1) is 5.82 Å². The monoisotopic (exact) mass is 322 g/mol. The van der Waals surface area contributed by atoms with Crippen LogP contribution in [0.25, 0.3) is 6.08 Å². The van der Waals surface area contributed by atoms with Crippen LogP contribution in [0.5, 0.6) is 0 Å². The Bertz CT molecular complexity index is 634. The van der Waals surface area contributed by atoms with Crippen LogP contribution < -0.4 is 0 Å². The van der Waals surface area contributed by atoms with E-state index in [-0.39, 0.29) is 11.6 Å². The lowest BCUT2D eigenvalue weighted by molar-refractivity contribution is 0.104. The number of carbonyl (C=O) groups excluding carboxylic acids is 1. The number of ketones is 1. The Morgan fingerprint density at radius 2 is 2.32 bits per heavy atom. The summed E-state index contributed by atoms with van der Waals surface area (Å²) in [6.45, 7) is 2.63. The number of hydrogen-bond acceptors (Lipinski definition) is 2. The zero-order valence-corrected chi connectivity index (χ0v) is 11.9. The lowest BCUT2D eigenvalue weighted by atomic mass is 10.2. The summed E-state index contributed by atoms with van der Waals surface area (Å²) in [5, 5.41) is 4.15. The molecule has 1 aromatic heterocycles. The standard InChI is InChI=1S/C14H12BrFN2O/c1-2-18-9-12(15)14(17-18)13(19)7-6-10-4-3-5-11(16)8-10/h3-9H,2H2,1H3/b7-6+. The van der Waals surface area contributed by atoms with Gasteiger partial charge in [-0.25, -0.2) is 4.39 Å². The Morgan fingerprint density at radius 3 is 2.95 bits per heavy atom. The van der Waals surface area contributed by atoms with E-state index in [0.717, 1.165) is 0 Å². The molecule has 0 amide bonds. The molecule has 0 radical (unpaired) electrons. The third kappa shape index (κ3) is 3.38. The summed E-state index contributed by atoms with van der Waals surface area (Å²) in [6.07, 6.45) is 4.72. The minimum atomic E-state index is -0.328. The van der Waals surface area contributed by atoms with Gasteiger partial charge >= 0.3 is 0 Å². The number of rotatable bonds is 4. The molecule has 0 saturated heterocycles. The molecule has 5 heteroatoms. The van der Waals surface area contributed by atoms with E-state index in [0.29, 0.717) is 22.3 Å². The lowest BCUT2D eigenvalue weighted by Crippen LogP contribution is -2.00. The normalized spacial score (nSPS) is 11.1. The first kappa shape index (κ1) is 13.7. The van der Waals surface area contributed by atoms with Crippen molar-refractivity contribution in [2.75, 3.05) is 0 Å². The second kappa shape index (κ2) is 5.93. The molecule has 2 rings (SSSR count). The molecule has 1 heterocycles. The first-order valence-electron chi connectivity index (χ1n) is 5.81. The molecular formula is C14H12BrFN2O. The Hall–Kier alpha value is -1.75. The maximum absolute atomic E-state index is 13.0. The molecule has 0 fully saturated rings. The Labute approximate surface area is 118 Å². The molecule has 0 unspecified atom stereocenters. The van der Waals surface area contributed by atoms with Gasteiger partial charge in [0, 0.05) is 12.7 Å². The van der Waals surface area contributed by atoms with Gasteiger partial charge in [-0.3, -0.25) is 9.48 Å². The second-order valence-corrected chi connectivity index (χ2v) is 4.79. The van der Waals surface area contributed by atoms with Crippen LogP contribution in [-0.4, -0.2) is 15.6 Å². The van der Waals surface area contributed by atoms with E-state index in [2.05, 4.69) is 21.0 Å². The molecule has 0 atom stereocenters. The van der Waals surface area contributed by atoms with Gasteiger partial charge in [0.15, 0.2) is 0 Å². The minimum absolute atomic E-state index is 0.219. The van der Waals surface area contributed by atoms with Crippen LogP contribution in [0.2, 0.25) is 0 Å². The van der Waals surface area contributed by atoms with E-state index in [9.17, 15) is 9.18 Å². The number of halogens is 2. The fraction of sp³-hybridized carbons (Fsp3) is 0.143. The first-order chi connectivity index (χ1) is 9.10. The highest BCUT2D eigenvalue weighted by atomic mass is 79.9. The zero-order valence-electron chi connectivity index (χ0n) is 10.3. The van der Waals surface area contributed by atoms with Crippen LogP contribution >= 0.6 is 15.9 Å². The molecule has 1 aromatic carbocycles. The number of hydrogen-bond donors (Lipinski definition) is 0. The predicted octanol–water partition coefficient (Wildman–Crippen LogP) is 3.70. The van der Waals surface area contributed by atoms with Crippen molar-refractivity contribution in [2.45, 2.75) is 13.5 Å². The molecule has 0 aliphatic heterocycles. The Kier molecular flexibility index (Phi) is 4.27. The Balaban J connectivity index is 2.18. The van der Waals surface area contributed by atoms with E-state index in [4.69, 9.17) is 0 Å². The lowest BCUT2D eigenvalue weighted by Gasteiger charge is -1.94. The van der Waals surface area contributed by atoms with Crippen molar-refractivity contribution in [3.63, 3.8) is 0 Å². The van der Waals surface area contributed by atoms with Crippen molar-refractivity contribution < 1.29 is 9.18 Å². The van der Waals surface area contributed by atoms with E-state index >= 15 is 0 Å². The van der Waals surface area contributed by atoms with E-state index < -0.39 is 0 Å². The van der Waals surface area contributed by atoms with Gasteiger partial charge in [0.05, 0.1) is 4.47 Å². The van der Waals surface area contributed by atoms with Gasteiger partial charge < -0.3 is 0 Å². The summed E-state index contributed by atoms with van der Waals surface area (Å²) < 4.78 is 15.3. The van der Waals surface area contributed by atoms with Gasteiger partial charge in [-0.15, -0.1) is 0 Å². The van der Waals surface area contributed by atoms with Crippen molar-refractivity contribution in [1.29, 1.82) is 0 Å². The summed E-state index contributed by atoms with van der Waals surface area (Å²) >= 11 is 3.30. The first-order valence-corrected chi connectivity index (χ1v) is 6.60. The topological polar surface area (TPSA) is 34.9 Å². The maximum atomic E-state index is 13.0. The molecule has 0 aliphatic rings. The van der Waals surface area contributed by atoms with Gasteiger partial charge in [0.25, 0.3) is 0 Å². The minimum Gasteiger partial charge on any atom is -0.287 e. The average Bonchev–Trinajstić information content (AvgIpc) is 2.77. The molecule has 3 nitrogen and oxygen atoms in total. The van der Waals surface area contributed by atoms with Crippen LogP contribution in [0.15, 0.2) is 41.0 Å². The maximum Gasteiger partial charge on any atom is 0.207 e. The van der Waals surface area contributed by atoms with Gasteiger partial charge in [0.1, 0.15) is 11.5 Å². The molecule has 19 heavy (non-hydrogen) atoms. The Morgan fingerprint density at radius 1 is 1.53 bits per heavy atom. The summed E-state index contributed by atoms with van der Waals surface area (Å²) in [5.74, 6) is -0.547. The SMILES string of the molecule is CCn1cc(Br)c(C(=O)/C=C/c2cccc(F)c2)n1. The van der Waals surface area contributed by atoms with Crippen molar-refractivity contribution in [3.05, 3.63) is 58.1 Å². The fourth-order valence-electron chi connectivity index (χ4n) is 1.59. The smallest absolute Gasteiger partial charge is 0.207 e. The van der Waals surface area contributed by atoms with Crippen LogP contribution in [-0.2, 0) is 6.54 Å². The summed E-state index contributed by atoms with van der Waals surface area (Å²) in [6, 6.07) is 6.05. The molecule has 98 valence electrons. The second-order valence-electron chi connectivity index (χ2n) is 3.93. The molecule has 0 spiro atoms. The number of aromatic nitrogens is 2. The number of aryl methyl sites for hydroxylation is 1. The van der Waals surface area contributed by atoms with Gasteiger partial charge in [0.2, 0.25) is 5.78 Å². The van der Waals surface area contributed by atoms with Gasteiger partial charge in [-0.1, -0.05) is 18.2 Å². The van der Waals surface area contributed by atoms with Gasteiger partial charge in [-0.2, -0.15) is 5.10 Å². The summed E-state index contributed by atoms with van der Waals surface area (Å²) in [5.41, 5.74) is 0.994. The van der Waals surface area contributed by atoms with Crippen LogP contribution in [0.3, 0.4) is 0 Å². The zero-order chi connectivity index (χ0) is 13.8. The molecule has 0 N–H and O–H groups in total. The van der Waals surface area contributed by atoms with Gasteiger partial charge in [-0.05, 0) is 46.6 Å². The third-order valence-electron chi connectivity index (χ3n) is 2.55. The summed E-state index contributed by atoms with van der Waals surface area (Å²) in [4.78, 5) is 12.0. The van der Waals surface area contributed by atoms with Crippen molar-refractivity contribution >= 4 is 27.8 Å². The molecule has 0 bridgehead atoms. The van der Waals surface area contributed by atoms with Crippen molar-refractivity contribution in [1.82, 2.24) is 9.78 Å². The van der Waals surface area contributed by atoms with E-state index in [1.54, 1.807) is 29.1 Å². The molecular weight excluding hydrogens is 311 g/mol. The molecule has 0 aliphatic carbocycles. The highest BCUT2D eigenvalue weighted by molar-refractivity contribution is 9.10. The van der Waals surface area contributed by atoms with Crippen LogP contribution in [0.1, 0.15) is 23.0 Å². The predicted molar refractivity (Wildman–Crippen MR) is 75.4 cm³/mol. The number of nitrogens with zero attached hydrogens (tertiary/aromatic N) is 2. The van der Waals surface area contributed by atoms with Crippen molar-refractivity contribution in [2.24, 2.45) is 0 Å². The number of allylic oxidation sites excluding steroid dienone is 1. The third-order valence-corrected chi connectivity index (χ3v) is 3.13. The quantitative estimate of drug-likeness (QED) is 0.635. The highest BCUT2D eigenvalue weighted by Gasteiger charge is 2.11. The highest BCUT2D eigenvalue weighted by Crippen LogP contribution is 2.16. The fourth-order valence-corrected chi connectivity index (χ4v) is 2.10. The largest absolute Gasteiger partial charge is 0.287 e. The van der Waals surface area contributed by atoms with Crippen LogP contribution in [0.4, 0.5) is 4.39 Å². The summed E-state index contributed by atoms with van der Waals surface area (Å²) in [7, 11) is 0. The molecule has 0 saturated carbocycles. The molecule has 2 aromatic rings. The number of benzene rings is 1.